The molecule has 4 nitrogen and oxygen atoms in total. The van der Waals surface area contributed by atoms with Crippen molar-refractivity contribution in [1.82, 2.24) is 15.4 Å². The maximum Gasteiger partial charge on any atom is 0.150 e. The number of nitrogens with zero attached hydrogens (tertiary/aromatic N) is 2. The molecule has 1 aromatic rings. The maximum atomic E-state index is 5.46. The highest BCUT2D eigenvalue weighted by Gasteiger charge is 2.21. The lowest BCUT2D eigenvalue weighted by molar-refractivity contribution is 0.196. The van der Waals surface area contributed by atoms with Gasteiger partial charge in [-0.25, -0.2) is 0 Å². The predicted molar refractivity (Wildman–Crippen MR) is 65.9 cm³/mol. The molecule has 3 rings (SSSR count). The Balaban J connectivity index is 1.59. The first-order valence-electron chi connectivity index (χ1n) is 6.80. The van der Waals surface area contributed by atoms with Crippen LogP contribution in [0.15, 0.2) is 10.6 Å². The molecule has 3 heterocycles. The summed E-state index contributed by atoms with van der Waals surface area (Å²) >= 11 is 0. The predicted octanol–water partition coefficient (Wildman–Crippen LogP) is 1.74. The van der Waals surface area contributed by atoms with Gasteiger partial charge in [-0.3, -0.25) is 4.90 Å². The summed E-state index contributed by atoms with van der Waals surface area (Å²) in [5.74, 6) is 1.60. The minimum Gasteiger partial charge on any atom is -0.360 e. The second-order valence-electron chi connectivity index (χ2n) is 5.24. The van der Waals surface area contributed by atoms with E-state index in [1.165, 1.54) is 38.8 Å². The van der Waals surface area contributed by atoms with Crippen molar-refractivity contribution >= 4 is 0 Å². The van der Waals surface area contributed by atoms with Crippen molar-refractivity contribution in [2.45, 2.75) is 38.1 Å². The summed E-state index contributed by atoms with van der Waals surface area (Å²) in [4.78, 5) is 2.47. The Hall–Kier alpha value is -0.870. The van der Waals surface area contributed by atoms with Crippen molar-refractivity contribution in [1.29, 1.82) is 0 Å². The van der Waals surface area contributed by atoms with Crippen molar-refractivity contribution in [2.24, 2.45) is 0 Å². The molecule has 94 valence electrons. The van der Waals surface area contributed by atoms with Gasteiger partial charge in [0.2, 0.25) is 0 Å². The highest BCUT2D eigenvalue weighted by molar-refractivity contribution is 5.12. The molecule has 2 saturated heterocycles. The lowest BCUT2D eigenvalue weighted by Crippen LogP contribution is -2.28. The van der Waals surface area contributed by atoms with E-state index in [9.17, 15) is 0 Å². The molecule has 2 fully saturated rings. The van der Waals surface area contributed by atoms with Crippen molar-refractivity contribution < 1.29 is 4.52 Å². The van der Waals surface area contributed by atoms with Gasteiger partial charge in [0.25, 0.3) is 0 Å². The summed E-state index contributed by atoms with van der Waals surface area (Å²) in [5, 5.41) is 7.59. The largest absolute Gasteiger partial charge is 0.360 e. The number of piperidine rings is 1. The minimum atomic E-state index is 0.564. The van der Waals surface area contributed by atoms with Gasteiger partial charge in [0, 0.05) is 18.5 Å². The molecule has 4 heteroatoms. The number of hydrogen-bond donors (Lipinski definition) is 1. The second-order valence-corrected chi connectivity index (χ2v) is 5.24. The summed E-state index contributed by atoms with van der Waals surface area (Å²) in [6.07, 6.45) is 5.22. The standard InChI is InChI=1S/C13H21N3O/c1-2-6-16(7-3-1)10-12-8-13(15-17-12)11-4-5-14-9-11/h8,11,14H,1-7,9-10H2. The van der Waals surface area contributed by atoms with Gasteiger partial charge in [0.15, 0.2) is 5.76 Å². The van der Waals surface area contributed by atoms with Gasteiger partial charge in [-0.1, -0.05) is 11.6 Å². The van der Waals surface area contributed by atoms with E-state index in [4.69, 9.17) is 4.52 Å². The maximum absolute atomic E-state index is 5.46. The normalized spacial score (nSPS) is 26.5. The number of hydrogen-bond acceptors (Lipinski definition) is 4. The zero-order chi connectivity index (χ0) is 11.5. The summed E-state index contributed by atoms with van der Waals surface area (Å²) in [5.41, 5.74) is 1.14. The molecule has 0 aromatic carbocycles. The molecular formula is C13H21N3O. The van der Waals surface area contributed by atoms with E-state index in [0.717, 1.165) is 31.1 Å². The molecule has 0 saturated carbocycles. The molecule has 1 atom stereocenters. The fraction of sp³-hybridized carbons (Fsp3) is 0.769. The van der Waals surface area contributed by atoms with E-state index in [1.54, 1.807) is 0 Å². The van der Waals surface area contributed by atoms with Gasteiger partial charge in [-0.05, 0) is 38.9 Å². The Kier molecular flexibility index (Phi) is 3.43. The van der Waals surface area contributed by atoms with E-state index in [-0.39, 0.29) is 0 Å². The molecule has 0 aliphatic carbocycles. The molecule has 0 spiro atoms. The molecular weight excluding hydrogens is 214 g/mol. The minimum absolute atomic E-state index is 0.564. The van der Waals surface area contributed by atoms with E-state index >= 15 is 0 Å². The van der Waals surface area contributed by atoms with Gasteiger partial charge in [0.05, 0.1) is 12.2 Å². The molecule has 2 aliphatic heterocycles. The number of aromatic nitrogens is 1. The van der Waals surface area contributed by atoms with Crippen molar-refractivity contribution in [3.63, 3.8) is 0 Å². The van der Waals surface area contributed by atoms with Crippen LogP contribution in [0.1, 0.15) is 43.1 Å². The molecule has 1 unspecified atom stereocenters. The lowest BCUT2D eigenvalue weighted by Gasteiger charge is -2.24. The monoisotopic (exact) mass is 235 g/mol. The SMILES string of the molecule is c1c(C2CCNC2)noc1CN1CCCCC1. The zero-order valence-corrected chi connectivity index (χ0v) is 10.3. The van der Waals surface area contributed by atoms with E-state index in [1.807, 2.05) is 0 Å². The fourth-order valence-electron chi connectivity index (χ4n) is 2.84. The number of rotatable bonds is 3. The molecule has 17 heavy (non-hydrogen) atoms. The third-order valence-electron chi connectivity index (χ3n) is 3.88. The van der Waals surface area contributed by atoms with E-state index in [0.29, 0.717) is 5.92 Å². The Bertz CT molecular complexity index is 351. The zero-order valence-electron chi connectivity index (χ0n) is 10.3. The molecule has 0 radical (unpaired) electrons. The van der Waals surface area contributed by atoms with Crippen LogP contribution in [0.2, 0.25) is 0 Å². The first-order valence-corrected chi connectivity index (χ1v) is 6.80. The van der Waals surface area contributed by atoms with Gasteiger partial charge >= 0.3 is 0 Å². The smallest absolute Gasteiger partial charge is 0.150 e. The van der Waals surface area contributed by atoms with Crippen LogP contribution in [0.5, 0.6) is 0 Å². The van der Waals surface area contributed by atoms with Crippen molar-refractivity contribution in [3.8, 4) is 0 Å². The summed E-state index contributed by atoms with van der Waals surface area (Å²) in [6.45, 7) is 5.52. The molecule has 2 aliphatic rings. The van der Waals surface area contributed by atoms with Crippen LogP contribution >= 0.6 is 0 Å². The number of likely N-dealkylation sites (tertiary alicyclic amines) is 1. The summed E-state index contributed by atoms with van der Waals surface area (Å²) in [6, 6.07) is 2.16. The highest BCUT2D eigenvalue weighted by Crippen LogP contribution is 2.22. The van der Waals surface area contributed by atoms with Crippen LogP contribution in [0.25, 0.3) is 0 Å². The average molecular weight is 235 g/mol. The van der Waals surface area contributed by atoms with Crippen molar-refractivity contribution in [3.05, 3.63) is 17.5 Å². The third-order valence-corrected chi connectivity index (χ3v) is 3.88. The molecule has 0 amide bonds. The quantitative estimate of drug-likeness (QED) is 0.866. The van der Waals surface area contributed by atoms with E-state index < -0.39 is 0 Å². The summed E-state index contributed by atoms with van der Waals surface area (Å²) < 4.78 is 5.46. The van der Waals surface area contributed by atoms with Gasteiger partial charge in [-0.15, -0.1) is 0 Å². The lowest BCUT2D eigenvalue weighted by atomic mass is 10.0. The molecule has 0 bridgehead atoms. The second kappa shape index (κ2) is 5.19. The first kappa shape index (κ1) is 11.2. The van der Waals surface area contributed by atoms with Crippen molar-refractivity contribution in [2.75, 3.05) is 26.2 Å². The van der Waals surface area contributed by atoms with Crippen LogP contribution in [-0.4, -0.2) is 36.2 Å². The Morgan fingerprint density at radius 3 is 3.00 bits per heavy atom. The third kappa shape index (κ3) is 2.69. The van der Waals surface area contributed by atoms with Crippen LogP contribution in [-0.2, 0) is 6.54 Å². The van der Waals surface area contributed by atoms with Crippen LogP contribution in [0.4, 0.5) is 0 Å². The van der Waals surface area contributed by atoms with Crippen LogP contribution in [0, 0.1) is 0 Å². The topological polar surface area (TPSA) is 41.3 Å². The molecule has 1 aromatic heterocycles. The van der Waals surface area contributed by atoms with E-state index in [2.05, 4.69) is 21.4 Å². The Morgan fingerprint density at radius 1 is 1.35 bits per heavy atom. The van der Waals surface area contributed by atoms with Gasteiger partial charge < -0.3 is 9.84 Å². The van der Waals surface area contributed by atoms with Crippen LogP contribution < -0.4 is 5.32 Å². The Labute approximate surface area is 102 Å². The highest BCUT2D eigenvalue weighted by atomic mass is 16.5. The average Bonchev–Trinajstić information content (AvgIpc) is 3.00. The molecule has 1 N–H and O–H groups in total. The summed E-state index contributed by atoms with van der Waals surface area (Å²) in [7, 11) is 0. The van der Waals surface area contributed by atoms with Gasteiger partial charge in [0.1, 0.15) is 0 Å². The van der Waals surface area contributed by atoms with Gasteiger partial charge in [-0.2, -0.15) is 0 Å². The fourth-order valence-corrected chi connectivity index (χ4v) is 2.84. The van der Waals surface area contributed by atoms with Crippen LogP contribution in [0.3, 0.4) is 0 Å². The first-order chi connectivity index (χ1) is 8.42. The Morgan fingerprint density at radius 2 is 2.24 bits per heavy atom. The number of nitrogens with one attached hydrogen (secondary N) is 1.